The Labute approximate surface area is 81.6 Å². The normalized spacial score (nSPS) is 12.4. The van der Waals surface area contributed by atoms with E-state index >= 15 is 0 Å². The molecule has 4 heteroatoms. The molecule has 1 atom stereocenters. The van der Waals surface area contributed by atoms with Gasteiger partial charge in [-0.3, -0.25) is 4.79 Å². The average Bonchev–Trinajstić information content (AvgIpc) is 1.90. The molecule has 0 aliphatic rings. The number of hydrogen-bond donors (Lipinski definition) is 2. The molecule has 0 aromatic carbocycles. The van der Waals surface area contributed by atoms with Gasteiger partial charge in [0.15, 0.2) is 0 Å². The Hall–Kier alpha value is 0.118. The predicted octanol–water partition coefficient (Wildman–Crippen LogP) is 0.460. The van der Waals surface area contributed by atoms with E-state index in [1.807, 2.05) is 0 Å². The zero-order chi connectivity index (χ0) is 8.15. The van der Waals surface area contributed by atoms with Crippen LogP contribution in [-0.4, -0.2) is 17.1 Å². The summed E-state index contributed by atoms with van der Waals surface area (Å²) in [7, 11) is 0. The van der Waals surface area contributed by atoms with Crippen LogP contribution in [0.4, 0.5) is 0 Å². The minimum atomic E-state index is -0.975. The topological polar surface area (TPSA) is 63.3 Å². The molecule has 0 aliphatic heterocycles. The monoisotopic (exact) mass is 327 g/mol. The summed E-state index contributed by atoms with van der Waals surface area (Å²) in [6, 6.07) is -0.810. The number of carboxylic acids is 1. The van der Waals surface area contributed by atoms with Crippen molar-refractivity contribution in [2.45, 2.75) is 18.9 Å². The van der Waals surface area contributed by atoms with Gasteiger partial charge in [-0.15, -0.1) is 0 Å². The van der Waals surface area contributed by atoms with Crippen LogP contribution in [0.3, 0.4) is 0 Å². The summed E-state index contributed by atoms with van der Waals surface area (Å²) >= 11 is 0. The van der Waals surface area contributed by atoms with Gasteiger partial charge in [0.2, 0.25) is 0 Å². The molecule has 0 spiro atoms. The van der Waals surface area contributed by atoms with E-state index in [-0.39, 0.29) is 27.0 Å². The molecule has 0 saturated carbocycles. The van der Waals surface area contributed by atoms with Crippen molar-refractivity contribution in [1.82, 2.24) is 0 Å². The third-order valence-corrected chi connectivity index (χ3v) is 1.53. The molecule has 0 aromatic heterocycles. The number of carboxylic acid groups (broad SMARTS) is 1. The number of hydrogen-bond acceptors (Lipinski definition) is 2. The van der Waals surface area contributed by atoms with E-state index in [0.717, 1.165) is 0 Å². The average molecular weight is 327 g/mol. The third kappa shape index (κ3) is 4.54. The van der Waals surface area contributed by atoms with Crippen molar-refractivity contribution in [1.29, 1.82) is 0 Å². The second-order valence-electron chi connectivity index (χ2n) is 2.20. The Balaban J connectivity index is 0. The second kappa shape index (κ2) is 6.81. The van der Waals surface area contributed by atoms with Gasteiger partial charge in [0.05, 0.1) is 0 Å². The molecule has 0 aliphatic carbocycles. The first-order valence-corrected chi connectivity index (χ1v) is 3.20. The minimum absolute atomic E-state index is 0. The first-order chi connectivity index (χ1) is 4.63. The maximum atomic E-state index is 10.3. The molecule has 0 unspecified atom stereocenters. The summed E-state index contributed by atoms with van der Waals surface area (Å²) in [6.45, 7) is 7.15. The minimum Gasteiger partial charge on any atom is -0.480 e. The quantitative estimate of drug-likeness (QED) is 0.738. The van der Waals surface area contributed by atoms with E-state index in [1.165, 1.54) is 0 Å². The van der Waals surface area contributed by atoms with Crippen molar-refractivity contribution in [3.8, 4) is 0 Å². The first kappa shape index (κ1) is 13.7. The number of carbonyl (C=O) groups is 1. The van der Waals surface area contributed by atoms with E-state index in [9.17, 15) is 4.79 Å². The molecular weight excluding hydrogens is 314 g/mol. The molecule has 0 bridgehead atoms. The van der Waals surface area contributed by atoms with Crippen LogP contribution in [-0.2, 0) is 25.9 Å². The molecule has 3 nitrogen and oxygen atoms in total. The van der Waals surface area contributed by atoms with E-state index in [0.29, 0.717) is 12.8 Å². The maximum Gasteiger partial charge on any atom is 2.00 e. The zero-order valence-corrected chi connectivity index (χ0v) is 9.26. The van der Waals surface area contributed by atoms with Crippen LogP contribution < -0.4 is 5.73 Å². The van der Waals surface area contributed by atoms with Gasteiger partial charge in [0, 0.05) is 0 Å². The Morgan fingerprint density at radius 2 is 1.82 bits per heavy atom. The first-order valence-electron chi connectivity index (χ1n) is 3.20. The number of aliphatic carboxylic acids is 1. The van der Waals surface area contributed by atoms with Crippen LogP contribution in [0.1, 0.15) is 12.8 Å². The summed E-state index contributed by atoms with van der Waals surface area (Å²) in [6.07, 6.45) is 1.05. The number of nitrogens with two attached hydrogens (primary N) is 1. The third-order valence-electron chi connectivity index (χ3n) is 1.53. The van der Waals surface area contributed by atoms with Crippen LogP contribution in [0.15, 0.2) is 0 Å². The van der Waals surface area contributed by atoms with Crippen LogP contribution >= 0.6 is 0 Å². The van der Waals surface area contributed by atoms with Crippen molar-refractivity contribution in [3.05, 3.63) is 13.8 Å². The van der Waals surface area contributed by atoms with Crippen LogP contribution in [0.2, 0.25) is 0 Å². The Morgan fingerprint density at radius 3 is 1.91 bits per heavy atom. The summed E-state index contributed by atoms with van der Waals surface area (Å²) in [4.78, 5) is 10.3. The smallest absolute Gasteiger partial charge is 0.480 e. The van der Waals surface area contributed by atoms with E-state index in [1.54, 1.807) is 0 Å². The molecule has 3 N–H and O–H groups in total. The van der Waals surface area contributed by atoms with Crippen molar-refractivity contribution >= 4 is 5.97 Å². The summed E-state index contributed by atoms with van der Waals surface area (Å²) in [5.74, 6) is -1.07. The Kier molecular flexibility index (Phi) is 8.47. The standard InChI is InChI=1S/C7H13NO2.W/c1-3-5(4-2)6(8)7(9)10;/h5-6H,1-4,8H2,(H,9,10);/q-2;+2/t6-;/m0./s1. The molecule has 0 fully saturated rings. The van der Waals surface area contributed by atoms with Gasteiger partial charge in [-0.1, -0.05) is 5.92 Å². The molecule has 0 saturated heterocycles. The number of rotatable bonds is 4. The van der Waals surface area contributed by atoms with Crippen molar-refractivity contribution < 1.29 is 31.0 Å². The van der Waals surface area contributed by atoms with Crippen LogP contribution in [0, 0.1) is 19.8 Å². The molecule has 0 amide bonds. The molecule has 0 rings (SSSR count). The van der Waals surface area contributed by atoms with Gasteiger partial charge in [-0.25, -0.2) is 0 Å². The Morgan fingerprint density at radius 1 is 1.45 bits per heavy atom. The fraction of sp³-hybridized carbons (Fsp3) is 0.571. The largest absolute Gasteiger partial charge is 2.00 e. The van der Waals surface area contributed by atoms with Gasteiger partial charge < -0.3 is 24.7 Å². The Bertz CT molecular complexity index is 115. The van der Waals surface area contributed by atoms with Crippen LogP contribution in [0.5, 0.6) is 0 Å². The van der Waals surface area contributed by atoms with Gasteiger partial charge in [0.25, 0.3) is 0 Å². The fourth-order valence-corrected chi connectivity index (χ4v) is 0.705. The van der Waals surface area contributed by atoms with Gasteiger partial charge in [-0.05, 0) is 0 Å². The second-order valence-corrected chi connectivity index (χ2v) is 2.20. The van der Waals surface area contributed by atoms with E-state index in [4.69, 9.17) is 10.8 Å². The summed E-state index contributed by atoms with van der Waals surface area (Å²) < 4.78 is 0. The summed E-state index contributed by atoms with van der Waals surface area (Å²) in [5.41, 5.74) is 5.30. The summed E-state index contributed by atoms with van der Waals surface area (Å²) in [5, 5.41) is 8.43. The van der Waals surface area contributed by atoms with E-state index < -0.39 is 12.0 Å². The van der Waals surface area contributed by atoms with Crippen LogP contribution in [0.25, 0.3) is 0 Å². The van der Waals surface area contributed by atoms with Gasteiger partial charge in [0.1, 0.15) is 6.04 Å². The van der Waals surface area contributed by atoms with Crippen molar-refractivity contribution in [2.24, 2.45) is 11.7 Å². The molecule has 64 valence electrons. The molecule has 0 aromatic rings. The molecular formula is C7H13NO2W. The molecule has 11 heavy (non-hydrogen) atoms. The van der Waals surface area contributed by atoms with Gasteiger partial charge >= 0.3 is 27.0 Å². The molecule has 0 radical (unpaired) electrons. The zero-order valence-electron chi connectivity index (χ0n) is 6.32. The fourth-order valence-electron chi connectivity index (χ4n) is 0.705. The van der Waals surface area contributed by atoms with Crippen molar-refractivity contribution in [3.63, 3.8) is 0 Å². The maximum absolute atomic E-state index is 10.3. The van der Waals surface area contributed by atoms with E-state index in [2.05, 4.69) is 13.8 Å². The van der Waals surface area contributed by atoms with Crippen molar-refractivity contribution in [2.75, 3.05) is 0 Å². The molecule has 0 heterocycles. The predicted molar refractivity (Wildman–Crippen MR) is 39.0 cm³/mol. The van der Waals surface area contributed by atoms with Gasteiger partial charge in [-0.2, -0.15) is 12.8 Å². The SMILES string of the molecule is [CH2-]CC(C[CH2-])[C@H](N)C(=O)O.[W+2].